The van der Waals surface area contributed by atoms with Crippen LogP contribution in [0.1, 0.15) is 0 Å². The molecule has 0 N–H and O–H groups in total. The zero-order valence-electron chi connectivity index (χ0n) is 13.2. The number of halogens is 1. The van der Waals surface area contributed by atoms with Crippen molar-refractivity contribution in [3.63, 3.8) is 0 Å². The van der Waals surface area contributed by atoms with Gasteiger partial charge >= 0.3 is 0 Å². The maximum Gasteiger partial charge on any atom is 0.270 e. The van der Waals surface area contributed by atoms with Gasteiger partial charge in [0.2, 0.25) is 10.0 Å². The van der Waals surface area contributed by atoms with Crippen molar-refractivity contribution in [2.75, 3.05) is 31.1 Å². The summed E-state index contributed by atoms with van der Waals surface area (Å²) in [5.74, 6) is 0. The summed E-state index contributed by atoms with van der Waals surface area (Å²) in [4.78, 5) is 12.2. The van der Waals surface area contributed by atoms with Crippen molar-refractivity contribution in [3.8, 4) is 0 Å². The van der Waals surface area contributed by atoms with E-state index in [4.69, 9.17) is 11.6 Å². The molecule has 0 atom stereocenters. The number of nitrogens with zero attached hydrogens (tertiary/aromatic N) is 3. The summed E-state index contributed by atoms with van der Waals surface area (Å²) >= 11 is 6.19. The van der Waals surface area contributed by atoms with Gasteiger partial charge in [-0.15, -0.1) is 0 Å². The molecule has 0 spiro atoms. The van der Waals surface area contributed by atoms with E-state index in [1.807, 2.05) is 23.1 Å². The van der Waals surface area contributed by atoms with Crippen LogP contribution in [0, 0.1) is 10.1 Å². The molecule has 0 aliphatic carbocycles. The highest BCUT2D eigenvalue weighted by atomic mass is 35.5. The van der Waals surface area contributed by atoms with Crippen LogP contribution in [0.25, 0.3) is 0 Å². The molecule has 25 heavy (non-hydrogen) atoms. The van der Waals surface area contributed by atoms with Crippen molar-refractivity contribution in [3.05, 3.63) is 63.7 Å². The van der Waals surface area contributed by atoms with E-state index in [2.05, 4.69) is 0 Å². The fourth-order valence-corrected chi connectivity index (χ4v) is 4.50. The number of nitro groups is 1. The van der Waals surface area contributed by atoms with Crippen LogP contribution in [0.2, 0.25) is 5.02 Å². The minimum absolute atomic E-state index is 0.0621. The largest absolute Gasteiger partial charge is 0.368 e. The quantitative estimate of drug-likeness (QED) is 0.600. The molecule has 2 aromatic rings. The molecule has 3 rings (SSSR count). The molecule has 0 aromatic heterocycles. The second-order valence-electron chi connectivity index (χ2n) is 5.60. The van der Waals surface area contributed by atoms with Crippen LogP contribution in [-0.2, 0) is 10.0 Å². The Morgan fingerprint density at radius 3 is 2.32 bits per heavy atom. The van der Waals surface area contributed by atoms with E-state index in [1.54, 1.807) is 6.07 Å². The van der Waals surface area contributed by atoms with Crippen LogP contribution >= 0.6 is 11.6 Å². The van der Waals surface area contributed by atoms with E-state index in [9.17, 15) is 18.5 Å². The average molecular weight is 382 g/mol. The van der Waals surface area contributed by atoms with E-state index in [0.29, 0.717) is 18.1 Å². The maximum atomic E-state index is 12.7. The van der Waals surface area contributed by atoms with Gasteiger partial charge in [-0.2, -0.15) is 4.31 Å². The zero-order valence-corrected chi connectivity index (χ0v) is 14.8. The van der Waals surface area contributed by atoms with Crippen molar-refractivity contribution < 1.29 is 13.3 Å². The number of non-ortho nitro benzene ring substituents is 1. The molecule has 0 saturated carbocycles. The number of para-hydroxylation sites is 1. The summed E-state index contributed by atoms with van der Waals surface area (Å²) in [6, 6.07) is 12.5. The van der Waals surface area contributed by atoms with Crippen molar-refractivity contribution >= 4 is 33.0 Å². The molecule has 0 amide bonds. The summed E-state index contributed by atoms with van der Waals surface area (Å²) in [6.45, 7) is 1.57. The van der Waals surface area contributed by atoms with Gasteiger partial charge in [0.15, 0.2) is 0 Å². The third kappa shape index (κ3) is 3.60. The van der Waals surface area contributed by atoms with Crippen LogP contribution in [0.5, 0.6) is 0 Å². The number of hydrogen-bond acceptors (Lipinski definition) is 5. The fourth-order valence-electron chi connectivity index (χ4n) is 2.78. The highest BCUT2D eigenvalue weighted by Gasteiger charge is 2.30. The highest BCUT2D eigenvalue weighted by Crippen LogP contribution is 2.28. The Kier molecular flexibility index (Phi) is 4.94. The minimum atomic E-state index is -3.76. The minimum Gasteiger partial charge on any atom is -0.368 e. The summed E-state index contributed by atoms with van der Waals surface area (Å²) in [6.07, 6.45) is 0. The molecule has 0 bridgehead atoms. The van der Waals surface area contributed by atoms with Gasteiger partial charge in [-0.05, 0) is 18.2 Å². The predicted octanol–water partition coefficient (Wildman–Crippen LogP) is 2.76. The zero-order chi connectivity index (χ0) is 18.0. The van der Waals surface area contributed by atoms with Crippen LogP contribution in [0.3, 0.4) is 0 Å². The molecule has 0 radical (unpaired) electrons. The molecule has 1 fully saturated rings. The van der Waals surface area contributed by atoms with Crippen molar-refractivity contribution in [2.45, 2.75) is 4.90 Å². The maximum absolute atomic E-state index is 12.7. The summed E-state index contributed by atoms with van der Waals surface area (Å²) < 4.78 is 26.8. The predicted molar refractivity (Wildman–Crippen MR) is 95.5 cm³/mol. The first-order valence-electron chi connectivity index (χ1n) is 7.64. The second-order valence-corrected chi connectivity index (χ2v) is 7.94. The molecule has 9 heteroatoms. The van der Waals surface area contributed by atoms with E-state index in [1.165, 1.54) is 22.5 Å². The van der Waals surface area contributed by atoms with Crippen molar-refractivity contribution in [2.24, 2.45) is 0 Å². The number of nitro benzene ring substituents is 1. The lowest BCUT2D eigenvalue weighted by Gasteiger charge is -2.35. The van der Waals surface area contributed by atoms with Gasteiger partial charge in [0.1, 0.15) is 0 Å². The van der Waals surface area contributed by atoms with Gasteiger partial charge in [-0.1, -0.05) is 29.8 Å². The lowest BCUT2D eigenvalue weighted by molar-refractivity contribution is -0.385. The fraction of sp³-hybridized carbons (Fsp3) is 0.250. The normalized spacial score (nSPS) is 16.0. The van der Waals surface area contributed by atoms with E-state index in [0.717, 1.165) is 11.8 Å². The first-order chi connectivity index (χ1) is 11.9. The highest BCUT2D eigenvalue weighted by molar-refractivity contribution is 7.89. The van der Waals surface area contributed by atoms with Gasteiger partial charge in [0.05, 0.1) is 20.5 Å². The monoisotopic (exact) mass is 381 g/mol. The van der Waals surface area contributed by atoms with Gasteiger partial charge in [0.25, 0.3) is 5.69 Å². The van der Waals surface area contributed by atoms with Crippen molar-refractivity contribution in [1.82, 2.24) is 4.31 Å². The topological polar surface area (TPSA) is 83.8 Å². The van der Waals surface area contributed by atoms with Crippen LogP contribution in [-0.4, -0.2) is 43.8 Å². The Hall–Kier alpha value is -2.16. The van der Waals surface area contributed by atoms with Gasteiger partial charge < -0.3 is 4.90 Å². The summed E-state index contributed by atoms with van der Waals surface area (Å²) in [5, 5.41) is 11.5. The average Bonchev–Trinajstić information content (AvgIpc) is 2.62. The smallest absolute Gasteiger partial charge is 0.270 e. The first kappa shape index (κ1) is 17.7. The summed E-state index contributed by atoms with van der Waals surface area (Å²) in [5.41, 5.74) is 0.632. The number of anilines is 1. The number of piperazine rings is 1. The number of rotatable bonds is 4. The Labute approximate surface area is 150 Å². The van der Waals surface area contributed by atoms with Crippen LogP contribution in [0.4, 0.5) is 11.4 Å². The molecule has 0 unspecified atom stereocenters. The number of hydrogen-bond donors (Lipinski definition) is 0. The molecular formula is C16H16ClN3O4S. The van der Waals surface area contributed by atoms with Gasteiger partial charge in [-0.25, -0.2) is 8.42 Å². The molecule has 1 aliphatic heterocycles. The molecule has 132 valence electrons. The number of benzene rings is 2. The van der Waals surface area contributed by atoms with Gasteiger partial charge in [-0.3, -0.25) is 10.1 Å². The molecular weight excluding hydrogens is 366 g/mol. The lowest BCUT2D eigenvalue weighted by Crippen LogP contribution is -2.48. The Balaban J connectivity index is 1.77. The van der Waals surface area contributed by atoms with E-state index in [-0.39, 0.29) is 23.7 Å². The molecule has 2 aromatic carbocycles. The summed E-state index contributed by atoms with van der Waals surface area (Å²) in [7, 11) is -3.76. The molecule has 1 aliphatic rings. The lowest BCUT2D eigenvalue weighted by atomic mass is 10.2. The second kappa shape index (κ2) is 6.99. The molecule has 1 saturated heterocycles. The van der Waals surface area contributed by atoms with Crippen LogP contribution in [0.15, 0.2) is 53.4 Å². The Bertz CT molecular complexity index is 896. The van der Waals surface area contributed by atoms with E-state index < -0.39 is 14.9 Å². The SMILES string of the molecule is O=[N+]([O-])c1cccc(S(=O)(=O)N2CCN(c3ccccc3Cl)CC2)c1. The standard InChI is InChI=1S/C16H16ClN3O4S/c17-15-6-1-2-7-16(15)18-8-10-19(11-9-18)25(23,24)14-5-3-4-13(12-14)20(21)22/h1-7,12H,8-11H2. The van der Waals surface area contributed by atoms with Crippen molar-refractivity contribution in [1.29, 1.82) is 0 Å². The molecule has 7 nitrogen and oxygen atoms in total. The third-order valence-corrected chi connectivity index (χ3v) is 6.31. The Morgan fingerprint density at radius 2 is 1.68 bits per heavy atom. The van der Waals surface area contributed by atoms with Crippen LogP contribution < -0.4 is 4.90 Å². The van der Waals surface area contributed by atoms with E-state index >= 15 is 0 Å². The van der Waals surface area contributed by atoms with Gasteiger partial charge in [0, 0.05) is 38.3 Å². The Morgan fingerprint density at radius 1 is 1.00 bits per heavy atom. The number of sulfonamides is 1. The third-order valence-electron chi connectivity index (χ3n) is 4.10. The molecule has 1 heterocycles. The first-order valence-corrected chi connectivity index (χ1v) is 9.45.